The molecule has 0 bridgehead atoms. The first-order valence-corrected chi connectivity index (χ1v) is 7.24. The largest absolute Gasteiger partial charge is 0.478 e. The lowest BCUT2D eigenvalue weighted by Gasteiger charge is -2.07. The van der Waals surface area contributed by atoms with E-state index in [0.29, 0.717) is 0 Å². The van der Waals surface area contributed by atoms with Crippen LogP contribution in [0, 0.1) is 0 Å². The number of amides is 1. The van der Waals surface area contributed by atoms with E-state index in [1.807, 2.05) is 0 Å². The molecule has 0 radical (unpaired) electrons. The van der Waals surface area contributed by atoms with Gasteiger partial charge in [-0.3, -0.25) is 4.79 Å². The van der Waals surface area contributed by atoms with Crippen molar-refractivity contribution in [1.29, 1.82) is 0 Å². The van der Waals surface area contributed by atoms with Crippen molar-refractivity contribution in [3.05, 3.63) is 70.3 Å². The molecule has 2 aromatic carbocycles. The van der Waals surface area contributed by atoms with Crippen molar-refractivity contribution in [1.82, 2.24) is 0 Å². The predicted molar refractivity (Wildman–Crippen MR) is 87.5 cm³/mol. The number of benzene rings is 2. The van der Waals surface area contributed by atoms with Gasteiger partial charge in [0.05, 0.1) is 21.8 Å². The van der Waals surface area contributed by atoms with Crippen molar-refractivity contribution >= 4 is 35.2 Å². The lowest BCUT2D eigenvalue weighted by molar-refractivity contribution is -0.137. The number of hydrogen-bond acceptors (Lipinski definition) is 2. The number of carbonyl (C=O) groups excluding carboxylic acids is 1. The van der Waals surface area contributed by atoms with Crippen LogP contribution in [0.25, 0.3) is 6.08 Å². The average molecular weight is 370 g/mol. The van der Waals surface area contributed by atoms with Crippen molar-refractivity contribution in [2.45, 2.75) is 6.18 Å². The maximum atomic E-state index is 12.6. The fraction of sp³-hybridized carbons (Fsp3) is 0.0588. The second-order valence-electron chi connectivity index (χ2n) is 4.95. The number of alkyl halides is 3. The number of carbonyl (C=O) groups is 2. The van der Waals surface area contributed by atoms with E-state index >= 15 is 0 Å². The van der Waals surface area contributed by atoms with E-state index in [1.165, 1.54) is 36.4 Å². The molecule has 0 aliphatic carbocycles. The number of rotatable bonds is 4. The highest BCUT2D eigenvalue weighted by molar-refractivity contribution is 6.34. The first-order valence-electron chi connectivity index (χ1n) is 6.86. The highest BCUT2D eigenvalue weighted by Crippen LogP contribution is 2.29. The third-order valence-electron chi connectivity index (χ3n) is 3.11. The molecule has 2 rings (SSSR count). The molecule has 25 heavy (non-hydrogen) atoms. The number of halogens is 4. The van der Waals surface area contributed by atoms with Crippen molar-refractivity contribution in [3.63, 3.8) is 0 Å². The Bertz CT molecular complexity index is 847. The Morgan fingerprint density at radius 1 is 1.12 bits per heavy atom. The smallest absolute Gasteiger partial charge is 0.416 e. The molecule has 0 heterocycles. The Kier molecular flexibility index (Phi) is 5.48. The molecule has 0 fully saturated rings. The van der Waals surface area contributed by atoms with Gasteiger partial charge in [0.1, 0.15) is 0 Å². The Hall–Kier alpha value is -2.80. The van der Waals surface area contributed by atoms with Gasteiger partial charge in [0.25, 0.3) is 0 Å². The summed E-state index contributed by atoms with van der Waals surface area (Å²) < 4.78 is 37.9. The molecule has 0 saturated heterocycles. The van der Waals surface area contributed by atoms with E-state index in [0.717, 1.165) is 18.2 Å². The summed E-state index contributed by atoms with van der Waals surface area (Å²) in [5, 5.41) is 11.4. The molecular weight excluding hydrogens is 359 g/mol. The van der Waals surface area contributed by atoms with Crippen LogP contribution in [0.4, 0.5) is 18.9 Å². The van der Waals surface area contributed by atoms with Gasteiger partial charge in [-0.1, -0.05) is 23.7 Å². The lowest BCUT2D eigenvalue weighted by atomic mass is 10.1. The summed E-state index contributed by atoms with van der Waals surface area (Å²) >= 11 is 5.88. The number of anilines is 1. The monoisotopic (exact) mass is 369 g/mol. The highest BCUT2D eigenvalue weighted by atomic mass is 35.5. The third-order valence-corrected chi connectivity index (χ3v) is 3.44. The van der Waals surface area contributed by atoms with Gasteiger partial charge < -0.3 is 10.4 Å². The van der Waals surface area contributed by atoms with Crippen LogP contribution in [0.5, 0.6) is 0 Å². The fourth-order valence-electron chi connectivity index (χ4n) is 1.92. The predicted octanol–water partition coefficient (Wildman–Crippen LogP) is 4.71. The maximum absolute atomic E-state index is 12.6. The normalized spacial score (nSPS) is 11.5. The number of hydrogen-bond donors (Lipinski definition) is 2. The van der Waals surface area contributed by atoms with E-state index in [9.17, 15) is 22.8 Å². The molecule has 8 heteroatoms. The first kappa shape index (κ1) is 18.5. The molecule has 4 nitrogen and oxygen atoms in total. The van der Waals surface area contributed by atoms with E-state index in [1.54, 1.807) is 0 Å². The van der Waals surface area contributed by atoms with Crippen LogP contribution in [0.2, 0.25) is 5.02 Å². The van der Waals surface area contributed by atoms with Gasteiger partial charge >= 0.3 is 12.1 Å². The lowest BCUT2D eigenvalue weighted by Crippen LogP contribution is -2.09. The summed E-state index contributed by atoms with van der Waals surface area (Å²) in [7, 11) is 0. The van der Waals surface area contributed by atoms with Gasteiger partial charge in [-0.25, -0.2) is 4.79 Å². The Morgan fingerprint density at radius 3 is 2.48 bits per heavy atom. The minimum atomic E-state index is -4.48. The van der Waals surface area contributed by atoms with Gasteiger partial charge in [0, 0.05) is 6.08 Å². The second-order valence-corrected chi connectivity index (χ2v) is 5.35. The molecule has 0 unspecified atom stereocenters. The van der Waals surface area contributed by atoms with Crippen molar-refractivity contribution in [2.75, 3.05) is 5.32 Å². The van der Waals surface area contributed by atoms with Crippen LogP contribution < -0.4 is 5.32 Å². The minimum absolute atomic E-state index is 0.0680. The molecular formula is C17H11ClF3NO3. The zero-order valence-corrected chi connectivity index (χ0v) is 13.2. The molecule has 1 amide bonds. The Balaban J connectivity index is 2.14. The van der Waals surface area contributed by atoms with Crippen molar-refractivity contribution in [3.8, 4) is 0 Å². The number of nitrogens with one attached hydrogen (secondary N) is 1. The summed E-state index contributed by atoms with van der Waals surface area (Å²) in [4.78, 5) is 22.8. The molecule has 0 atom stereocenters. The first-order chi connectivity index (χ1) is 11.7. The van der Waals surface area contributed by atoms with Gasteiger partial charge in [-0.05, 0) is 42.0 Å². The topological polar surface area (TPSA) is 66.4 Å². The van der Waals surface area contributed by atoms with Crippen LogP contribution in [-0.2, 0) is 11.0 Å². The summed E-state index contributed by atoms with van der Waals surface area (Å²) in [5.41, 5.74) is -0.621. The van der Waals surface area contributed by atoms with E-state index in [-0.39, 0.29) is 21.8 Å². The molecule has 2 N–H and O–H groups in total. The summed E-state index contributed by atoms with van der Waals surface area (Å²) in [5.74, 6) is -1.85. The molecule has 0 aromatic heterocycles. The van der Waals surface area contributed by atoms with Gasteiger partial charge in [-0.2, -0.15) is 13.2 Å². The van der Waals surface area contributed by atoms with E-state index < -0.39 is 23.6 Å². The van der Waals surface area contributed by atoms with Crippen LogP contribution in [0.3, 0.4) is 0 Å². The van der Waals surface area contributed by atoms with Crippen LogP contribution in [0.1, 0.15) is 21.5 Å². The number of carboxylic acid groups (broad SMARTS) is 1. The molecule has 0 aliphatic rings. The highest BCUT2D eigenvalue weighted by Gasteiger charge is 2.30. The minimum Gasteiger partial charge on any atom is -0.478 e. The van der Waals surface area contributed by atoms with Gasteiger partial charge in [-0.15, -0.1) is 0 Å². The second kappa shape index (κ2) is 7.40. The maximum Gasteiger partial charge on any atom is 0.416 e. The van der Waals surface area contributed by atoms with Crippen LogP contribution >= 0.6 is 11.6 Å². The zero-order valence-electron chi connectivity index (χ0n) is 12.5. The van der Waals surface area contributed by atoms with E-state index in [4.69, 9.17) is 16.7 Å². The average Bonchev–Trinajstić information content (AvgIpc) is 2.54. The summed E-state index contributed by atoms with van der Waals surface area (Å²) in [6.07, 6.45) is -2.24. The quantitative estimate of drug-likeness (QED) is 0.767. The van der Waals surface area contributed by atoms with Crippen LogP contribution in [-0.4, -0.2) is 17.0 Å². The SMILES string of the molecule is O=C(C=Cc1cccc(C(F)(F)F)c1)Nc1cc(C(=O)O)ccc1Cl. The van der Waals surface area contributed by atoms with Crippen molar-refractivity contribution < 1.29 is 27.9 Å². The molecule has 0 saturated carbocycles. The molecule has 2 aromatic rings. The number of aromatic carboxylic acids is 1. The number of carboxylic acids is 1. The van der Waals surface area contributed by atoms with Crippen LogP contribution in [0.15, 0.2) is 48.5 Å². The Labute approximate surface area is 145 Å². The molecule has 0 aliphatic heterocycles. The van der Waals surface area contributed by atoms with Crippen molar-refractivity contribution in [2.24, 2.45) is 0 Å². The zero-order chi connectivity index (χ0) is 18.6. The van der Waals surface area contributed by atoms with E-state index in [2.05, 4.69) is 5.32 Å². The fourth-order valence-corrected chi connectivity index (χ4v) is 2.08. The molecule has 0 spiro atoms. The summed E-state index contributed by atoms with van der Waals surface area (Å²) in [6.45, 7) is 0. The van der Waals surface area contributed by atoms with Gasteiger partial charge in [0.2, 0.25) is 5.91 Å². The third kappa shape index (κ3) is 5.09. The molecule has 130 valence electrons. The summed E-state index contributed by atoms with van der Waals surface area (Å²) in [6, 6.07) is 8.25. The standard InChI is InChI=1S/C17H11ClF3NO3/c18-13-6-5-11(16(24)25)9-14(13)22-15(23)7-4-10-2-1-3-12(8-10)17(19,20)21/h1-9H,(H,22,23)(H,24,25). The van der Waals surface area contributed by atoms with Gasteiger partial charge in [0.15, 0.2) is 0 Å². The Morgan fingerprint density at radius 2 is 1.84 bits per heavy atom.